The number of fused-ring (bicyclic) bond motifs is 4. The fourth-order valence-corrected chi connectivity index (χ4v) is 10.7. The third-order valence-corrected chi connectivity index (χ3v) is 13.7. The van der Waals surface area contributed by atoms with Crippen molar-refractivity contribution in [3.8, 4) is 0 Å². The first-order valence-corrected chi connectivity index (χ1v) is 20.7. The van der Waals surface area contributed by atoms with Gasteiger partial charge in [0.15, 0.2) is 35.8 Å². The molecule has 4 fully saturated rings. The number of Topliss-reactive ketones (excluding diaryl/α,β-unsaturated/α-hetero) is 1. The molecule has 5 aliphatic rings. The van der Waals surface area contributed by atoms with Crippen LogP contribution in [0.3, 0.4) is 0 Å². The monoisotopic (exact) mass is 847 g/mol. The average Bonchev–Trinajstić information content (AvgIpc) is 3.59. The lowest BCUT2D eigenvalue weighted by Crippen LogP contribution is -2.83. The van der Waals surface area contributed by atoms with E-state index >= 15 is 4.79 Å². The molecule has 1 spiro atoms. The Morgan fingerprint density at radius 1 is 0.951 bits per heavy atom. The number of carbonyl (C=O) groups is 6. The van der Waals surface area contributed by atoms with E-state index in [9.17, 15) is 39.3 Å². The van der Waals surface area contributed by atoms with Gasteiger partial charge >= 0.3 is 24.1 Å². The first-order chi connectivity index (χ1) is 28.9. The molecule has 2 aromatic carbocycles. The number of amides is 1. The number of esters is 3. The van der Waals surface area contributed by atoms with Gasteiger partial charge in [0.1, 0.15) is 12.2 Å². The number of aliphatic hydroxyl groups excluding tert-OH is 3. The third kappa shape index (κ3) is 6.91. The van der Waals surface area contributed by atoms with E-state index < -0.39 is 112 Å². The zero-order valence-electron chi connectivity index (χ0n) is 35.0. The summed E-state index contributed by atoms with van der Waals surface area (Å²) < 4.78 is 36.7. The van der Waals surface area contributed by atoms with E-state index in [1.165, 1.54) is 26.0 Å². The van der Waals surface area contributed by atoms with Crippen molar-refractivity contribution in [1.82, 2.24) is 5.32 Å². The summed E-state index contributed by atoms with van der Waals surface area (Å²) in [6.07, 6.45) is -11.2. The summed E-state index contributed by atoms with van der Waals surface area (Å²) in [6, 6.07) is 14.8. The molecule has 7 rings (SSSR count). The molecular weight excluding hydrogens is 794 g/mol. The van der Waals surface area contributed by atoms with Crippen molar-refractivity contribution in [2.45, 2.75) is 134 Å². The van der Waals surface area contributed by atoms with Crippen molar-refractivity contribution in [2.24, 2.45) is 16.7 Å². The Balaban J connectivity index is 1.40. The highest BCUT2D eigenvalue weighted by Gasteiger charge is 2.83. The predicted molar refractivity (Wildman–Crippen MR) is 211 cm³/mol. The van der Waals surface area contributed by atoms with E-state index in [0.717, 1.165) is 19.8 Å². The molecule has 16 nitrogen and oxygen atoms in total. The molecule has 4 N–H and O–H groups in total. The fraction of sp³-hybridized carbons (Fsp3) is 0.556. The van der Waals surface area contributed by atoms with Gasteiger partial charge in [-0.1, -0.05) is 82.1 Å². The molecule has 61 heavy (non-hydrogen) atoms. The van der Waals surface area contributed by atoms with Crippen LogP contribution in [0.5, 0.6) is 0 Å². The molecule has 2 aliphatic heterocycles. The Bertz CT molecular complexity index is 2110. The topological polar surface area (TPSA) is 231 Å². The van der Waals surface area contributed by atoms with Crippen molar-refractivity contribution < 1.29 is 72.5 Å². The van der Waals surface area contributed by atoms with Gasteiger partial charge in [-0.05, 0) is 49.1 Å². The van der Waals surface area contributed by atoms with Gasteiger partial charge in [0, 0.05) is 25.2 Å². The lowest BCUT2D eigenvalue weighted by atomic mass is 9.44. The van der Waals surface area contributed by atoms with Crippen LogP contribution in [0.4, 0.5) is 4.79 Å². The Labute approximate surface area is 352 Å². The van der Waals surface area contributed by atoms with Gasteiger partial charge in [0.25, 0.3) is 0 Å². The molecule has 2 bridgehead atoms. The van der Waals surface area contributed by atoms with E-state index in [1.807, 2.05) is 6.92 Å². The molecule has 3 aliphatic carbocycles. The largest absolute Gasteiger partial charge is 0.509 e. The van der Waals surface area contributed by atoms with Crippen molar-refractivity contribution in [3.05, 3.63) is 82.9 Å². The average molecular weight is 848 g/mol. The lowest BCUT2D eigenvalue weighted by molar-refractivity contribution is -0.345. The minimum absolute atomic E-state index is 0.0465. The number of nitrogens with one attached hydrogen (secondary N) is 1. The summed E-state index contributed by atoms with van der Waals surface area (Å²) in [7, 11) is 0. The number of hydrogen-bond acceptors (Lipinski definition) is 15. The van der Waals surface area contributed by atoms with E-state index in [2.05, 4.69) is 5.32 Å². The van der Waals surface area contributed by atoms with E-state index in [0.29, 0.717) is 12.0 Å². The number of unbranched alkanes of at least 4 members (excludes halogenated alkanes) is 2. The number of ether oxygens (including phenoxy) is 6. The summed E-state index contributed by atoms with van der Waals surface area (Å²) in [5.74, 6) is -5.99. The predicted octanol–water partition coefficient (Wildman–Crippen LogP) is 3.58. The van der Waals surface area contributed by atoms with Crippen molar-refractivity contribution in [3.63, 3.8) is 0 Å². The van der Waals surface area contributed by atoms with Crippen LogP contribution < -0.4 is 5.32 Å². The van der Waals surface area contributed by atoms with Crippen LogP contribution in [-0.2, 0) is 47.6 Å². The highest BCUT2D eigenvalue weighted by molar-refractivity contribution is 5.94. The SMILES string of the molecule is CCCCCC(=O)N[C@@H](c1ccccc1)[C@@H](O)C(=O)O[C@@H]1C(C)=C2[C@@H](O)C(=O)[C@@]3(C)C([C@H](OC(=O)c4ccccc4)[C@@]4(OC(=O)O[C@@H]14)C2(C)C)[C@]1(OC(C)=O)CO[C@@H]1C[C@@H]3O. The molecule has 12 atom stereocenters. The second kappa shape index (κ2) is 16.3. The summed E-state index contributed by atoms with van der Waals surface area (Å²) >= 11 is 0. The quantitative estimate of drug-likeness (QED) is 0.104. The Kier molecular flexibility index (Phi) is 11.7. The van der Waals surface area contributed by atoms with Crippen LogP contribution in [0.2, 0.25) is 0 Å². The summed E-state index contributed by atoms with van der Waals surface area (Å²) in [5.41, 5.74) is -7.53. The molecular formula is C45H53NO15. The van der Waals surface area contributed by atoms with Gasteiger partial charge in [-0.3, -0.25) is 14.4 Å². The lowest BCUT2D eigenvalue weighted by Gasteiger charge is -2.67. The van der Waals surface area contributed by atoms with Gasteiger partial charge in [0.2, 0.25) is 11.5 Å². The molecule has 0 radical (unpaired) electrons. The zero-order chi connectivity index (χ0) is 44.2. The fourth-order valence-electron chi connectivity index (χ4n) is 10.7. The van der Waals surface area contributed by atoms with Gasteiger partial charge in [-0.25, -0.2) is 14.4 Å². The van der Waals surface area contributed by atoms with Crippen molar-refractivity contribution in [2.75, 3.05) is 6.61 Å². The third-order valence-electron chi connectivity index (χ3n) is 13.7. The maximum absolute atomic E-state index is 15.1. The van der Waals surface area contributed by atoms with Gasteiger partial charge in [-0.15, -0.1) is 0 Å². The summed E-state index contributed by atoms with van der Waals surface area (Å²) in [6.45, 7) is 8.71. The Hall–Kier alpha value is -5.16. The molecule has 2 aromatic rings. The van der Waals surface area contributed by atoms with Crippen LogP contribution in [0.1, 0.15) is 95.6 Å². The summed E-state index contributed by atoms with van der Waals surface area (Å²) in [5, 5.41) is 38.9. The highest BCUT2D eigenvalue weighted by Crippen LogP contribution is 2.66. The minimum Gasteiger partial charge on any atom is -0.454 e. The van der Waals surface area contributed by atoms with Crippen LogP contribution in [0.15, 0.2) is 71.8 Å². The van der Waals surface area contributed by atoms with E-state index in [1.54, 1.807) is 62.4 Å². The Morgan fingerprint density at radius 2 is 1.61 bits per heavy atom. The highest BCUT2D eigenvalue weighted by atomic mass is 16.8. The van der Waals surface area contributed by atoms with Crippen LogP contribution in [0.25, 0.3) is 0 Å². The molecule has 328 valence electrons. The second-order valence-electron chi connectivity index (χ2n) is 17.4. The van der Waals surface area contributed by atoms with Crippen LogP contribution in [-0.4, -0.2) is 112 Å². The number of benzene rings is 2. The van der Waals surface area contributed by atoms with Crippen molar-refractivity contribution in [1.29, 1.82) is 0 Å². The summed E-state index contributed by atoms with van der Waals surface area (Å²) in [4.78, 5) is 83.8. The van der Waals surface area contributed by atoms with E-state index in [4.69, 9.17) is 28.4 Å². The van der Waals surface area contributed by atoms with Crippen molar-refractivity contribution >= 4 is 35.8 Å². The normalized spacial score (nSPS) is 34.3. The van der Waals surface area contributed by atoms with Gasteiger partial charge < -0.3 is 49.1 Å². The molecule has 2 saturated carbocycles. The number of aliphatic hydroxyl groups is 3. The number of rotatable bonds is 12. The molecule has 1 unspecified atom stereocenters. The second-order valence-corrected chi connectivity index (χ2v) is 17.4. The molecule has 2 heterocycles. The number of ketones is 1. The minimum atomic E-state index is -2.32. The molecule has 1 amide bonds. The van der Waals surface area contributed by atoms with Crippen LogP contribution in [0, 0.1) is 16.7 Å². The van der Waals surface area contributed by atoms with Crippen LogP contribution >= 0.6 is 0 Å². The standard InChI is InChI=1S/C45H53NO15/c1-7-8-11-20-29(49)46-31(25-16-12-9-13-17-25)33(51)40(54)57-34-23(2)30-32(50)36(52)43(6)27(48)21-28-44(22-56-28,60-24(3)47)35(43)38(58-39(53)26-18-14-10-15-19-26)45(42(30,4)5)37(34)59-41(55)61-45/h9-10,12-19,27-28,31-35,37-38,48,50-51H,7-8,11,20-22H2,1-6H3,(H,46,49)/t27-,28+,31-,32+,33+,34+,35?,37-,38-,43+,44-,45+/m0/s1. The molecule has 2 saturated heterocycles. The van der Waals surface area contributed by atoms with Gasteiger partial charge in [-0.2, -0.15) is 0 Å². The molecule has 0 aromatic heterocycles. The number of carbonyl (C=O) groups excluding carboxylic acids is 6. The number of hydrogen-bond donors (Lipinski definition) is 4. The zero-order valence-corrected chi connectivity index (χ0v) is 35.0. The first-order valence-electron chi connectivity index (χ1n) is 20.7. The van der Waals surface area contributed by atoms with Gasteiger partial charge in [0.05, 0.1) is 35.6 Å². The molecule has 16 heteroatoms. The van der Waals surface area contributed by atoms with E-state index in [-0.39, 0.29) is 36.2 Å². The maximum Gasteiger partial charge on any atom is 0.509 e. The smallest absolute Gasteiger partial charge is 0.454 e. The Morgan fingerprint density at radius 3 is 2.21 bits per heavy atom. The first kappa shape index (κ1) is 43.9. The maximum atomic E-state index is 15.1.